The summed E-state index contributed by atoms with van der Waals surface area (Å²) in [6, 6.07) is 7.45. The van der Waals surface area contributed by atoms with E-state index in [4.69, 9.17) is 5.11 Å². The van der Waals surface area contributed by atoms with Gasteiger partial charge in [-0.2, -0.15) is 11.3 Å². The normalized spacial score (nSPS) is 12.1. The number of carboxylic acids is 1. The molecule has 1 aromatic carbocycles. The van der Waals surface area contributed by atoms with Crippen molar-refractivity contribution in [2.75, 3.05) is 5.32 Å². The molecule has 0 bridgehead atoms. The number of aryl methyl sites for hydroxylation is 1. The van der Waals surface area contributed by atoms with Gasteiger partial charge < -0.3 is 10.4 Å². The maximum absolute atomic E-state index is 11.2. The Kier molecular flexibility index (Phi) is 3.67. The third-order valence-electron chi connectivity index (χ3n) is 2.82. The van der Waals surface area contributed by atoms with Crippen LogP contribution in [-0.4, -0.2) is 11.1 Å². The summed E-state index contributed by atoms with van der Waals surface area (Å²) in [6.45, 7) is 3.97. The van der Waals surface area contributed by atoms with Gasteiger partial charge in [0.1, 0.15) is 0 Å². The van der Waals surface area contributed by atoms with Crippen LogP contribution in [0.5, 0.6) is 0 Å². The van der Waals surface area contributed by atoms with Gasteiger partial charge in [0.2, 0.25) is 0 Å². The lowest BCUT2D eigenvalue weighted by atomic mass is 10.1. The van der Waals surface area contributed by atoms with Crippen molar-refractivity contribution in [1.29, 1.82) is 0 Å². The van der Waals surface area contributed by atoms with Crippen LogP contribution in [0.25, 0.3) is 0 Å². The zero-order valence-electron chi connectivity index (χ0n) is 10.3. The summed E-state index contributed by atoms with van der Waals surface area (Å²) >= 11 is 1.64. The van der Waals surface area contributed by atoms with Gasteiger partial charge in [0.05, 0.1) is 5.56 Å². The first-order valence-electron chi connectivity index (χ1n) is 5.70. The predicted molar refractivity (Wildman–Crippen MR) is 74.5 cm³/mol. The predicted octanol–water partition coefficient (Wildman–Crippen LogP) is 3.93. The molecule has 0 radical (unpaired) electrons. The van der Waals surface area contributed by atoms with Crippen molar-refractivity contribution in [3.05, 3.63) is 51.7 Å². The first-order chi connectivity index (χ1) is 8.58. The van der Waals surface area contributed by atoms with E-state index in [0.29, 0.717) is 11.3 Å². The van der Waals surface area contributed by atoms with Gasteiger partial charge in [-0.1, -0.05) is 6.07 Å². The average Bonchev–Trinajstić information content (AvgIpc) is 2.81. The Balaban J connectivity index is 2.28. The number of hydrogen-bond acceptors (Lipinski definition) is 3. The fourth-order valence-corrected chi connectivity index (χ4v) is 2.56. The average molecular weight is 261 g/mol. The Labute approximate surface area is 110 Å². The van der Waals surface area contributed by atoms with E-state index in [0.717, 1.165) is 11.1 Å². The highest BCUT2D eigenvalue weighted by Gasteiger charge is 2.13. The van der Waals surface area contributed by atoms with Crippen molar-refractivity contribution in [2.24, 2.45) is 0 Å². The highest BCUT2D eigenvalue weighted by atomic mass is 32.1. The molecule has 0 saturated carbocycles. The van der Waals surface area contributed by atoms with E-state index in [1.807, 2.05) is 37.4 Å². The molecule has 1 aromatic heterocycles. The molecule has 0 amide bonds. The number of benzene rings is 1. The van der Waals surface area contributed by atoms with Gasteiger partial charge in [0, 0.05) is 11.7 Å². The maximum atomic E-state index is 11.2. The van der Waals surface area contributed by atoms with E-state index in [1.54, 1.807) is 17.4 Å². The van der Waals surface area contributed by atoms with E-state index < -0.39 is 5.97 Å². The fraction of sp³-hybridized carbons (Fsp3) is 0.214. The van der Waals surface area contributed by atoms with E-state index in [1.165, 1.54) is 0 Å². The van der Waals surface area contributed by atoms with Crippen molar-refractivity contribution >= 4 is 23.0 Å². The fourth-order valence-electron chi connectivity index (χ4n) is 1.80. The molecule has 2 aromatic rings. The highest BCUT2D eigenvalue weighted by molar-refractivity contribution is 7.07. The molecule has 0 aliphatic heterocycles. The Morgan fingerprint density at radius 1 is 1.39 bits per heavy atom. The van der Waals surface area contributed by atoms with Crippen molar-refractivity contribution in [1.82, 2.24) is 0 Å². The summed E-state index contributed by atoms with van der Waals surface area (Å²) in [5.41, 5.74) is 3.18. The van der Waals surface area contributed by atoms with E-state index in [2.05, 4.69) is 10.7 Å². The highest BCUT2D eigenvalue weighted by Crippen LogP contribution is 2.24. The van der Waals surface area contributed by atoms with Crippen molar-refractivity contribution < 1.29 is 9.90 Å². The second-order valence-corrected chi connectivity index (χ2v) is 5.06. The second kappa shape index (κ2) is 5.23. The van der Waals surface area contributed by atoms with E-state index in [9.17, 15) is 4.79 Å². The van der Waals surface area contributed by atoms with E-state index >= 15 is 0 Å². The number of anilines is 1. The first-order valence-corrected chi connectivity index (χ1v) is 6.65. The molecular weight excluding hydrogens is 246 g/mol. The van der Waals surface area contributed by atoms with Gasteiger partial charge in [-0.25, -0.2) is 4.79 Å². The number of aromatic carboxylic acids is 1. The molecule has 18 heavy (non-hydrogen) atoms. The van der Waals surface area contributed by atoms with Gasteiger partial charge in [0.15, 0.2) is 0 Å². The Morgan fingerprint density at radius 2 is 2.17 bits per heavy atom. The molecule has 1 unspecified atom stereocenters. The van der Waals surface area contributed by atoms with Gasteiger partial charge >= 0.3 is 5.97 Å². The van der Waals surface area contributed by atoms with Crippen LogP contribution in [0.15, 0.2) is 35.0 Å². The molecule has 0 aliphatic rings. The first kappa shape index (κ1) is 12.6. The molecule has 2 N–H and O–H groups in total. The van der Waals surface area contributed by atoms with Crippen molar-refractivity contribution in [3.8, 4) is 0 Å². The quantitative estimate of drug-likeness (QED) is 0.876. The SMILES string of the molecule is Cc1ccc(C(=O)O)c(NC(C)c2ccsc2)c1. The molecule has 1 heterocycles. The van der Waals surface area contributed by atoms with E-state index in [-0.39, 0.29) is 6.04 Å². The molecule has 2 rings (SSSR count). The smallest absolute Gasteiger partial charge is 0.337 e. The van der Waals surface area contributed by atoms with Crippen LogP contribution in [0.4, 0.5) is 5.69 Å². The van der Waals surface area contributed by atoms with Gasteiger partial charge in [-0.15, -0.1) is 0 Å². The lowest BCUT2D eigenvalue weighted by Gasteiger charge is -2.16. The lowest BCUT2D eigenvalue weighted by molar-refractivity contribution is 0.0698. The minimum atomic E-state index is -0.907. The molecule has 0 spiro atoms. The van der Waals surface area contributed by atoms with Crippen LogP contribution in [-0.2, 0) is 0 Å². The van der Waals surface area contributed by atoms with Gasteiger partial charge in [-0.3, -0.25) is 0 Å². The Bertz CT molecular complexity index is 549. The number of nitrogens with one attached hydrogen (secondary N) is 1. The zero-order valence-corrected chi connectivity index (χ0v) is 11.1. The minimum absolute atomic E-state index is 0.0937. The molecule has 0 saturated heterocycles. The molecule has 1 atom stereocenters. The number of thiophene rings is 1. The van der Waals surface area contributed by atoms with Crippen LogP contribution in [0, 0.1) is 6.92 Å². The van der Waals surface area contributed by atoms with Crippen LogP contribution in [0.3, 0.4) is 0 Å². The number of hydrogen-bond donors (Lipinski definition) is 2. The molecular formula is C14H15NO2S. The second-order valence-electron chi connectivity index (χ2n) is 4.28. The van der Waals surface area contributed by atoms with Crippen LogP contribution in [0.1, 0.15) is 34.5 Å². The third kappa shape index (κ3) is 2.71. The van der Waals surface area contributed by atoms with Crippen LogP contribution in [0.2, 0.25) is 0 Å². The van der Waals surface area contributed by atoms with Crippen LogP contribution >= 0.6 is 11.3 Å². The molecule has 0 aliphatic carbocycles. The number of rotatable bonds is 4. The van der Waals surface area contributed by atoms with Gasteiger partial charge in [0.25, 0.3) is 0 Å². The largest absolute Gasteiger partial charge is 0.478 e. The van der Waals surface area contributed by atoms with Crippen molar-refractivity contribution in [2.45, 2.75) is 19.9 Å². The summed E-state index contributed by atoms with van der Waals surface area (Å²) in [7, 11) is 0. The number of carbonyl (C=O) groups is 1. The molecule has 0 fully saturated rings. The standard InChI is InChI=1S/C14H15NO2S/c1-9-3-4-12(14(16)17)13(7-9)15-10(2)11-5-6-18-8-11/h3-8,10,15H,1-2H3,(H,16,17). The van der Waals surface area contributed by atoms with Gasteiger partial charge in [-0.05, 0) is 53.9 Å². The summed E-state index contributed by atoms with van der Waals surface area (Å²) in [4.78, 5) is 11.2. The van der Waals surface area contributed by atoms with Crippen LogP contribution < -0.4 is 5.32 Å². The molecule has 4 heteroatoms. The summed E-state index contributed by atoms with van der Waals surface area (Å²) in [6.07, 6.45) is 0. The topological polar surface area (TPSA) is 49.3 Å². The lowest BCUT2D eigenvalue weighted by Crippen LogP contribution is -2.10. The minimum Gasteiger partial charge on any atom is -0.478 e. The molecule has 94 valence electrons. The zero-order chi connectivity index (χ0) is 13.1. The summed E-state index contributed by atoms with van der Waals surface area (Å²) < 4.78 is 0. The number of carboxylic acid groups (broad SMARTS) is 1. The Morgan fingerprint density at radius 3 is 2.78 bits per heavy atom. The monoisotopic (exact) mass is 261 g/mol. The Hall–Kier alpha value is -1.81. The third-order valence-corrected chi connectivity index (χ3v) is 3.52. The molecule has 3 nitrogen and oxygen atoms in total. The summed E-state index contributed by atoms with van der Waals surface area (Å²) in [5.74, 6) is -0.907. The summed E-state index contributed by atoms with van der Waals surface area (Å²) in [5, 5.41) is 16.5. The maximum Gasteiger partial charge on any atom is 0.337 e. The van der Waals surface area contributed by atoms with Crippen molar-refractivity contribution in [3.63, 3.8) is 0 Å².